The van der Waals surface area contributed by atoms with Gasteiger partial charge in [-0.15, -0.1) is 0 Å². The summed E-state index contributed by atoms with van der Waals surface area (Å²) in [4.78, 5) is 9.58. The third-order valence-corrected chi connectivity index (χ3v) is 8.66. The van der Waals surface area contributed by atoms with Gasteiger partial charge in [-0.05, 0) is 91.3 Å². The smallest absolute Gasteiger partial charge is 0.0795 e. The van der Waals surface area contributed by atoms with Crippen molar-refractivity contribution < 1.29 is 0 Å². The molecule has 8 rings (SSSR count). The second-order valence-corrected chi connectivity index (χ2v) is 11.4. The molecule has 0 saturated carbocycles. The van der Waals surface area contributed by atoms with Crippen molar-refractivity contribution in [1.82, 2.24) is 4.98 Å². The number of benzene rings is 7. The number of aliphatic imine (C=N–C) groups is 1. The maximum Gasteiger partial charge on any atom is 0.0795 e. The molecule has 7 aromatic carbocycles. The van der Waals surface area contributed by atoms with Crippen LogP contribution in [0.4, 0.5) is 5.69 Å². The van der Waals surface area contributed by atoms with Crippen LogP contribution in [-0.4, -0.2) is 11.2 Å². The largest absolute Gasteiger partial charge is 0.256 e. The minimum absolute atomic E-state index is 0.902. The van der Waals surface area contributed by atoms with E-state index in [0.29, 0.717) is 0 Å². The lowest BCUT2D eigenvalue weighted by Crippen LogP contribution is -1.92. The highest BCUT2D eigenvalue weighted by molar-refractivity contribution is 6.21. The Morgan fingerprint density at radius 1 is 0.533 bits per heavy atom. The molecule has 0 N–H and O–H groups in total. The molecule has 0 bridgehead atoms. The molecule has 0 saturated heterocycles. The van der Waals surface area contributed by atoms with E-state index in [-0.39, 0.29) is 0 Å². The summed E-state index contributed by atoms with van der Waals surface area (Å²) in [5, 5.41) is 8.60. The van der Waals surface area contributed by atoms with E-state index in [9.17, 15) is 0 Å². The molecule has 0 spiro atoms. The monoisotopic (exact) mass is 574 g/mol. The lowest BCUT2D eigenvalue weighted by Gasteiger charge is -2.18. The Labute approximate surface area is 262 Å². The van der Waals surface area contributed by atoms with Crippen LogP contribution >= 0.6 is 0 Å². The summed E-state index contributed by atoms with van der Waals surface area (Å²) in [7, 11) is 0. The van der Waals surface area contributed by atoms with Crippen molar-refractivity contribution in [3.05, 3.63) is 163 Å². The van der Waals surface area contributed by atoms with Crippen LogP contribution < -0.4 is 0 Å². The second-order valence-electron chi connectivity index (χ2n) is 11.4. The number of hydrogen-bond donors (Lipinski definition) is 0. The van der Waals surface area contributed by atoms with E-state index in [2.05, 4.69) is 151 Å². The van der Waals surface area contributed by atoms with Gasteiger partial charge in [0.2, 0.25) is 0 Å². The minimum Gasteiger partial charge on any atom is -0.256 e. The summed E-state index contributed by atoms with van der Waals surface area (Å²) in [6.07, 6.45) is 7.95. The van der Waals surface area contributed by atoms with E-state index in [1.165, 1.54) is 54.6 Å². The Morgan fingerprint density at radius 2 is 1.11 bits per heavy atom. The van der Waals surface area contributed by atoms with Crippen LogP contribution in [0.5, 0.6) is 0 Å². The van der Waals surface area contributed by atoms with Crippen LogP contribution in [0.1, 0.15) is 18.1 Å². The first kappa shape index (κ1) is 26.7. The van der Waals surface area contributed by atoms with Gasteiger partial charge in [0.25, 0.3) is 0 Å². The predicted molar refractivity (Wildman–Crippen MR) is 194 cm³/mol. The fourth-order valence-corrected chi connectivity index (χ4v) is 6.59. The molecule has 1 aromatic heterocycles. The summed E-state index contributed by atoms with van der Waals surface area (Å²) >= 11 is 0. The number of aromatic nitrogens is 1. The minimum atomic E-state index is 0.902. The summed E-state index contributed by atoms with van der Waals surface area (Å²) in [5.41, 5.74) is 8.92. The van der Waals surface area contributed by atoms with E-state index in [1.54, 1.807) is 0 Å². The number of nitrogens with zero attached hydrogens (tertiary/aromatic N) is 2. The maximum atomic E-state index is 4.91. The van der Waals surface area contributed by atoms with E-state index < -0.39 is 0 Å². The standard InChI is InChI=1S/C43H30N2/c1-2-10-30-19-20-32-13-9-26-44-43(32)40(30)28-45-35-24-22-31(23-25-35)41-36-14-5-7-16-38(36)42(39-17-8-6-15-37(39)41)34-21-18-29-11-3-4-12-33(29)27-34/h2-28H,1H3/b10-2-,45-28?. The van der Waals surface area contributed by atoms with Gasteiger partial charge in [0.15, 0.2) is 0 Å². The van der Waals surface area contributed by atoms with Crippen LogP contribution in [-0.2, 0) is 0 Å². The van der Waals surface area contributed by atoms with Crippen LogP contribution in [0.25, 0.3) is 71.6 Å². The maximum absolute atomic E-state index is 4.91. The molecule has 0 fully saturated rings. The number of pyridine rings is 1. The van der Waals surface area contributed by atoms with E-state index in [1.807, 2.05) is 25.4 Å². The zero-order valence-corrected chi connectivity index (χ0v) is 25.0. The van der Waals surface area contributed by atoms with Crippen LogP contribution in [0.2, 0.25) is 0 Å². The highest BCUT2D eigenvalue weighted by Gasteiger charge is 2.16. The van der Waals surface area contributed by atoms with Crippen molar-refractivity contribution in [1.29, 1.82) is 0 Å². The first-order valence-corrected chi connectivity index (χ1v) is 15.4. The van der Waals surface area contributed by atoms with E-state index in [4.69, 9.17) is 4.99 Å². The van der Waals surface area contributed by atoms with Gasteiger partial charge in [-0.3, -0.25) is 9.98 Å². The average Bonchev–Trinajstić information content (AvgIpc) is 3.10. The molecule has 8 aromatic rings. The van der Waals surface area contributed by atoms with Gasteiger partial charge < -0.3 is 0 Å². The quantitative estimate of drug-likeness (QED) is 0.148. The van der Waals surface area contributed by atoms with E-state index in [0.717, 1.165) is 27.7 Å². The van der Waals surface area contributed by atoms with Gasteiger partial charge in [0.05, 0.1) is 11.2 Å². The Morgan fingerprint density at radius 3 is 1.80 bits per heavy atom. The molecule has 0 aliphatic carbocycles. The topological polar surface area (TPSA) is 25.2 Å². The first-order valence-electron chi connectivity index (χ1n) is 15.4. The molecular formula is C43H30N2. The Hall–Kier alpha value is -5.86. The number of rotatable bonds is 5. The first-order chi connectivity index (χ1) is 22.3. The second kappa shape index (κ2) is 11.3. The van der Waals surface area contributed by atoms with Crippen molar-refractivity contribution in [2.24, 2.45) is 4.99 Å². The molecule has 0 unspecified atom stereocenters. The zero-order valence-electron chi connectivity index (χ0n) is 25.0. The molecule has 1 heterocycles. The molecule has 0 aliphatic heterocycles. The summed E-state index contributed by atoms with van der Waals surface area (Å²) < 4.78 is 0. The van der Waals surface area contributed by atoms with Crippen molar-refractivity contribution >= 4 is 61.2 Å². The molecule has 2 nitrogen and oxygen atoms in total. The normalized spacial score (nSPS) is 11.9. The van der Waals surface area contributed by atoms with Crippen LogP contribution in [0.3, 0.4) is 0 Å². The Balaban J connectivity index is 1.26. The lowest BCUT2D eigenvalue weighted by atomic mass is 9.85. The van der Waals surface area contributed by atoms with Crippen molar-refractivity contribution in [2.75, 3.05) is 0 Å². The average molecular weight is 575 g/mol. The molecule has 212 valence electrons. The fraction of sp³-hybridized carbons (Fsp3) is 0.0233. The lowest BCUT2D eigenvalue weighted by molar-refractivity contribution is 1.40. The van der Waals surface area contributed by atoms with E-state index >= 15 is 0 Å². The highest BCUT2D eigenvalue weighted by Crippen LogP contribution is 2.44. The van der Waals surface area contributed by atoms with Crippen LogP contribution in [0.15, 0.2) is 157 Å². The molecule has 0 amide bonds. The number of fused-ring (bicyclic) bond motifs is 4. The van der Waals surface area contributed by atoms with Gasteiger partial charge in [-0.25, -0.2) is 0 Å². The Kier molecular flexibility index (Phi) is 6.73. The fourth-order valence-electron chi connectivity index (χ4n) is 6.59. The SMILES string of the molecule is C/C=C\c1ccc2cccnc2c1C=Nc1ccc(-c2c3ccccc3c(-c3ccc4ccccc4c3)c3ccccc23)cc1. The highest BCUT2D eigenvalue weighted by atomic mass is 14.7. The zero-order chi connectivity index (χ0) is 30.2. The van der Waals surface area contributed by atoms with Crippen molar-refractivity contribution in [3.63, 3.8) is 0 Å². The van der Waals surface area contributed by atoms with Crippen molar-refractivity contribution in [2.45, 2.75) is 6.92 Å². The molecular weight excluding hydrogens is 544 g/mol. The summed E-state index contributed by atoms with van der Waals surface area (Å²) in [6.45, 7) is 2.03. The van der Waals surface area contributed by atoms with Gasteiger partial charge in [0, 0.05) is 23.4 Å². The predicted octanol–water partition coefficient (Wildman–Crippen LogP) is 11.8. The van der Waals surface area contributed by atoms with Gasteiger partial charge >= 0.3 is 0 Å². The molecule has 45 heavy (non-hydrogen) atoms. The number of allylic oxidation sites excluding steroid dienone is 1. The molecule has 0 atom stereocenters. The van der Waals surface area contributed by atoms with Gasteiger partial charge in [0.1, 0.15) is 0 Å². The van der Waals surface area contributed by atoms with Crippen molar-refractivity contribution in [3.8, 4) is 22.3 Å². The number of hydrogen-bond acceptors (Lipinski definition) is 2. The Bertz CT molecular complexity index is 2370. The summed E-state index contributed by atoms with van der Waals surface area (Å²) in [5.74, 6) is 0. The third kappa shape index (κ3) is 4.77. The molecule has 0 aliphatic rings. The van der Waals surface area contributed by atoms with Gasteiger partial charge in [-0.1, -0.05) is 127 Å². The summed E-state index contributed by atoms with van der Waals surface area (Å²) in [6, 6.07) is 49.9. The third-order valence-electron chi connectivity index (χ3n) is 8.66. The molecule has 2 heteroatoms. The molecule has 0 radical (unpaired) electrons. The van der Waals surface area contributed by atoms with Crippen LogP contribution in [0, 0.1) is 0 Å². The van der Waals surface area contributed by atoms with Gasteiger partial charge in [-0.2, -0.15) is 0 Å².